The van der Waals surface area contributed by atoms with Gasteiger partial charge in [-0.2, -0.15) is 0 Å². The van der Waals surface area contributed by atoms with E-state index in [-0.39, 0.29) is 24.0 Å². The average molecular weight is 503 g/mol. The Morgan fingerprint density at radius 3 is 2.54 bits per heavy atom. The Balaban J connectivity index is 0.00000392. The molecule has 0 amide bonds. The van der Waals surface area contributed by atoms with Crippen molar-refractivity contribution in [2.24, 2.45) is 4.99 Å². The fourth-order valence-corrected chi connectivity index (χ4v) is 3.51. The summed E-state index contributed by atoms with van der Waals surface area (Å²) in [6.45, 7) is 6.95. The summed E-state index contributed by atoms with van der Waals surface area (Å²) in [7, 11) is 5.72. The van der Waals surface area contributed by atoms with Gasteiger partial charge in [-0.1, -0.05) is 30.3 Å². The predicted molar refractivity (Wildman–Crippen MR) is 129 cm³/mol. The molecule has 1 aliphatic heterocycles. The molecule has 160 valence electrons. The minimum atomic E-state index is 0. The van der Waals surface area contributed by atoms with Crippen molar-refractivity contribution in [3.63, 3.8) is 0 Å². The van der Waals surface area contributed by atoms with Gasteiger partial charge in [0.2, 0.25) is 0 Å². The lowest BCUT2D eigenvalue weighted by Gasteiger charge is -2.29. The lowest BCUT2D eigenvalue weighted by atomic mass is 10.1. The van der Waals surface area contributed by atoms with E-state index in [1.165, 1.54) is 31.5 Å². The van der Waals surface area contributed by atoms with Gasteiger partial charge in [-0.25, -0.2) is 0 Å². The van der Waals surface area contributed by atoms with E-state index in [0.29, 0.717) is 6.04 Å². The SMILES string of the molecule is CN=C(NCCCN(C)CCOC)NCC(c1ccccc1)N1CCCC1.I. The number of likely N-dealkylation sites (tertiary alicyclic amines) is 1. The molecule has 0 saturated carbocycles. The number of ether oxygens (including phenoxy) is 1. The van der Waals surface area contributed by atoms with Gasteiger partial charge in [0, 0.05) is 33.8 Å². The van der Waals surface area contributed by atoms with Crippen molar-refractivity contribution in [2.75, 3.05) is 67.1 Å². The monoisotopic (exact) mass is 503 g/mol. The molecule has 1 unspecified atom stereocenters. The highest BCUT2D eigenvalue weighted by Crippen LogP contribution is 2.24. The van der Waals surface area contributed by atoms with Crippen LogP contribution in [0.15, 0.2) is 35.3 Å². The second-order valence-electron chi connectivity index (χ2n) is 7.20. The normalized spacial score (nSPS) is 16.1. The Kier molecular flexibility index (Phi) is 13.5. The molecular weight excluding hydrogens is 465 g/mol. The summed E-state index contributed by atoms with van der Waals surface area (Å²) < 4.78 is 5.12. The summed E-state index contributed by atoms with van der Waals surface area (Å²) >= 11 is 0. The third kappa shape index (κ3) is 9.07. The second kappa shape index (κ2) is 15.0. The molecule has 0 aromatic heterocycles. The highest BCUT2D eigenvalue weighted by Gasteiger charge is 2.23. The van der Waals surface area contributed by atoms with E-state index in [4.69, 9.17) is 4.74 Å². The Labute approximate surface area is 188 Å². The van der Waals surface area contributed by atoms with Crippen LogP contribution in [0.2, 0.25) is 0 Å². The van der Waals surface area contributed by atoms with Crippen LogP contribution in [-0.4, -0.2) is 82.8 Å². The van der Waals surface area contributed by atoms with Crippen LogP contribution in [0.25, 0.3) is 0 Å². The number of likely N-dealkylation sites (N-methyl/N-ethyl adjacent to an activating group) is 1. The van der Waals surface area contributed by atoms with Crippen molar-refractivity contribution < 1.29 is 4.74 Å². The lowest BCUT2D eigenvalue weighted by Crippen LogP contribution is -2.43. The number of nitrogens with one attached hydrogen (secondary N) is 2. The van der Waals surface area contributed by atoms with Gasteiger partial charge in [0.1, 0.15) is 0 Å². The number of hydrogen-bond donors (Lipinski definition) is 2. The zero-order chi connectivity index (χ0) is 19.3. The highest BCUT2D eigenvalue weighted by molar-refractivity contribution is 14.0. The molecule has 0 bridgehead atoms. The molecule has 1 aliphatic rings. The van der Waals surface area contributed by atoms with Crippen LogP contribution in [0, 0.1) is 0 Å². The van der Waals surface area contributed by atoms with Crippen LogP contribution in [0.4, 0.5) is 0 Å². The molecule has 2 rings (SSSR count). The van der Waals surface area contributed by atoms with Crippen LogP contribution in [0.3, 0.4) is 0 Å². The minimum absolute atomic E-state index is 0. The van der Waals surface area contributed by atoms with E-state index in [1.54, 1.807) is 7.11 Å². The van der Waals surface area contributed by atoms with Gasteiger partial charge in [0.25, 0.3) is 0 Å². The van der Waals surface area contributed by atoms with Gasteiger partial charge in [-0.15, -0.1) is 24.0 Å². The molecule has 1 heterocycles. The number of halogens is 1. The number of benzene rings is 1. The van der Waals surface area contributed by atoms with Gasteiger partial charge >= 0.3 is 0 Å². The van der Waals surface area contributed by atoms with Gasteiger partial charge in [-0.05, 0) is 51.5 Å². The van der Waals surface area contributed by atoms with E-state index < -0.39 is 0 Å². The Bertz CT molecular complexity index is 537. The largest absolute Gasteiger partial charge is 0.383 e. The number of methoxy groups -OCH3 is 1. The summed E-state index contributed by atoms with van der Waals surface area (Å²) in [6, 6.07) is 11.2. The summed E-state index contributed by atoms with van der Waals surface area (Å²) in [5, 5.41) is 6.97. The molecule has 28 heavy (non-hydrogen) atoms. The first-order valence-corrected chi connectivity index (χ1v) is 10.2. The van der Waals surface area contributed by atoms with Crippen molar-refractivity contribution in [1.82, 2.24) is 20.4 Å². The zero-order valence-electron chi connectivity index (χ0n) is 17.7. The molecule has 1 saturated heterocycles. The molecule has 2 N–H and O–H groups in total. The van der Waals surface area contributed by atoms with Crippen molar-refractivity contribution in [3.05, 3.63) is 35.9 Å². The number of nitrogens with zero attached hydrogens (tertiary/aromatic N) is 3. The molecule has 6 nitrogen and oxygen atoms in total. The van der Waals surface area contributed by atoms with Crippen molar-refractivity contribution in [1.29, 1.82) is 0 Å². The molecule has 0 aliphatic carbocycles. The Morgan fingerprint density at radius 1 is 1.18 bits per heavy atom. The topological polar surface area (TPSA) is 52.1 Å². The maximum atomic E-state index is 5.12. The summed E-state index contributed by atoms with van der Waals surface area (Å²) in [5.41, 5.74) is 1.38. The quantitative estimate of drug-likeness (QED) is 0.211. The maximum Gasteiger partial charge on any atom is 0.191 e. The number of aliphatic imine (C=N–C) groups is 1. The molecular formula is C21H38IN5O. The van der Waals surface area contributed by atoms with Crippen LogP contribution >= 0.6 is 24.0 Å². The summed E-state index contributed by atoms with van der Waals surface area (Å²) in [6.07, 6.45) is 3.68. The standard InChI is InChI=1S/C21H37N5O.HI/c1-22-21(23-12-9-13-25(2)16-17-27-3)24-18-20(26-14-7-8-15-26)19-10-5-4-6-11-19;/h4-6,10-11,20H,7-9,12-18H2,1-3H3,(H2,22,23,24);1H. The third-order valence-electron chi connectivity index (χ3n) is 5.14. The van der Waals surface area contributed by atoms with E-state index >= 15 is 0 Å². The second-order valence-corrected chi connectivity index (χ2v) is 7.20. The Hall–Kier alpha value is -0.900. The lowest BCUT2D eigenvalue weighted by molar-refractivity contribution is 0.161. The van der Waals surface area contributed by atoms with Crippen molar-refractivity contribution in [3.8, 4) is 0 Å². The summed E-state index contributed by atoms with van der Waals surface area (Å²) in [5.74, 6) is 0.884. The molecule has 1 atom stereocenters. The van der Waals surface area contributed by atoms with Crippen LogP contribution in [-0.2, 0) is 4.74 Å². The Morgan fingerprint density at radius 2 is 1.89 bits per heavy atom. The molecule has 1 fully saturated rings. The van der Waals surface area contributed by atoms with E-state index in [2.05, 4.69) is 62.8 Å². The smallest absolute Gasteiger partial charge is 0.191 e. The van der Waals surface area contributed by atoms with Crippen molar-refractivity contribution >= 4 is 29.9 Å². The third-order valence-corrected chi connectivity index (χ3v) is 5.14. The van der Waals surface area contributed by atoms with E-state index in [9.17, 15) is 0 Å². The fourth-order valence-electron chi connectivity index (χ4n) is 3.51. The zero-order valence-corrected chi connectivity index (χ0v) is 20.0. The summed E-state index contributed by atoms with van der Waals surface area (Å²) in [4.78, 5) is 9.26. The van der Waals surface area contributed by atoms with Crippen molar-refractivity contribution in [2.45, 2.75) is 25.3 Å². The molecule has 1 aromatic carbocycles. The highest BCUT2D eigenvalue weighted by atomic mass is 127. The van der Waals surface area contributed by atoms with E-state index in [0.717, 1.165) is 45.2 Å². The maximum absolute atomic E-state index is 5.12. The average Bonchev–Trinajstić information content (AvgIpc) is 3.23. The first-order valence-electron chi connectivity index (χ1n) is 10.2. The van der Waals surface area contributed by atoms with Gasteiger partial charge in [-0.3, -0.25) is 9.89 Å². The van der Waals surface area contributed by atoms with Gasteiger partial charge in [0.05, 0.1) is 12.6 Å². The number of rotatable bonds is 11. The fraction of sp³-hybridized carbons (Fsp3) is 0.667. The van der Waals surface area contributed by atoms with Gasteiger partial charge < -0.3 is 20.3 Å². The van der Waals surface area contributed by atoms with Crippen LogP contribution < -0.4 is 10.6 Å². The first kappa shape index (κ1) is 25.1. The molecule has 0 spiro atoms. The number of hydrogen-bond acceptors (Lipinski definition) is 4. The molecule has 7 heteroatoms. The predicted octanol–water partition coefficient (Wildman–Crippen LogP) is 2.57. The van der Waals surface area contributed by atoms with Crippen LogP contribution in [0.5, 0.6) is 0 Å². The molecule has 1 aromatic rings. The minimum Gasteiger partial charge on any atom is -0.383 e. The van der Waals surface area contributed by atoms with E-state index in [1.807, 2.05) is 7.05 Å². The van der Waals surface area contributed by atoms with Gasteiger partial charge in [0.15, 0.2) is 5.96 Å². The van der Waals surface area contributed by atoms with Crippen LogP contribution in [0.1, 0.15) is 30.9 Å². The molecule has 0 radical (unpaired) electrons. The first-order chi connectivity index (χ1) is 13.2. The number of guanidine groups is 1.